The SMILES string of the molecule is COCCCN1CN(C(C)=O)n2cc(C(=O)CCc3ccc(F)cc3F)c(=O)c(O)c2C1=O. The second kappa shape index (κ2) is 9.90. The molecule has 0 saturated carbocycles. The highest BCUT2D eigenvalue weighted by atomic mass is 19.1. The molecule has 1 aliphatic rings. The fourth-order valence-electron chi connectivity index (χ4n) is 3.55. The van der Waals surface area contributed by atoms with E-state index in [0.717, 1.165) is 21.9 Å². The summed E-state index contributed by atoms with van der Waals surface area (Å²) >= 11 is 0. The minimum atomic E-state index is -1.07. The first-order chi connectivity index (χ1) is 15.6. The number of aromatic nitrogens is 1. The molecule has 2 heterocycles. The highest BCUT2D eigenvalue weighted by molar-refractivity contribution is 6.01. The smallest absolute Gasteiger partial charge is 0.277 e. The Bertz CT molecular complexity index is 1160. The summed E-state index contributed by atoms with van der Waals surface area (Å²) in [5, 5.41) is 11.6. The summed E-state index contributed by atoms with van der Waals surface area (Å²) in [5.74, 6) is -4.43. The van der Waals surface area contributed by atoms with Gasteiger partial charge in [0.25, 0.3) is 5.91 Å². The van der Waals surface area contributed by atoms with Gasteiger partial charge in [-0.15, -0.1) is 0 Å². The fourth-order valence-corrected chi connectivity index (χ4v) is 3.55. The van der Waals surface area contributed by atoms with Gasteiger partial charge >= 0.3 is 0 Å². The number of pyridine rings is 1. The molecule has 2 aromatic rings. The van der Waals surface area contributed by atoms with E-state index in [1.807, 2.05) is 0 Å². The molecule has 1 N–H and O–H groups in total. The number of rotatable bonds is 8. The van der Waals surface area contributed by atoms with Crippen LogP contribution in [0.25, 0.3) is 0 Å². The standard InChI is InChI=1S/C22H23F2N3O6/c1-13(28)27-12-25(8-3-9-33-2)22(32)19-21(31)20(30)16(11-26(19)27)18(29)7-5-14-4-6-15(23)10-17(14)24/h4,6,10-11,31H,3,5,7-9,12H2,1-2H3. The van der Waals surface area contributed by atoms with Crippen molar-refractivity contribution in [1.82, 2.24) is 9.58 Å². The molecule has 0 saturated heterocycles. The van der Waals surface area contributed by atoms with Crippen LogP contribution in [0.4, 0.5) is 8.78 Å². The number of aromatic hydroxyl groups is 1. The third-order valence-corrected chi connectivity index (χ3v) is 5.30. The highest BCUT2D eigenvalue weighted by Crippen LogP contribution is 2.22. The summed E-state index contributed by atoms with van der Waals surface area (Å²) in [6.07, 6.45) is 1.07. The van der Waals surface area contributed by atoms with E-state index in [4.69, 9.17) is 4.74 Å². The molecule has 1 aromatic carbocycles. The van der Waals surface area contributed by atoms with E-state index < -0.39 is 51.7 Å². The first kappa shape index (κ1) is 24.1. The predicted molar refractivity (Wildman–Crippen MR) is 113 cm³/mol. The van der Waals surface area contributed by atoms with Crippen LogP contribution in [0.1, 0.15) is 46.2 Å². The van der Waals surface area contributed by atoms with Crippen LogP contribution in [0.15, 0.2) is 29.2 Å². The highest BCUT2D eigenvalue weighted by Gasteiger charge is 2.35. The maximum absolute atomic E-state index is 13.9. The summed E-state index contributed by atoms with van der Waals surface area (Å²) in [6, 6.07) is 2.94. The molecule has 2 amide bonds. The molecule has 0 unspecified atom stereocenters. The molecule has 0 atom stereocenters. The number of amides is 2. The summed E-state index contributed by atoms with van der Waals surface area (Å²) in [6.45, 7) is 1.67. The second-order valence-electron chi connectivity index (χ2n) is 7.55. The van der Waals surface area contributed by atoms with Gasteiger partial charge in [0.05, 0.1) is 5.56 Å². The molecule has 0 spiro atoms. The zero-order valence-corrected chi connectivity index (χ0v) is 18.1. The fraction of sp³-hybridized carbons (Fsp3) is 0.364. The molecular weight excluding hydrogens is 440 g/mol. The van der Waals surface area contributed by atoms with Crippen LogP contribution in [0.3, 0.4) is 0 Å². The summed E-state index contributed by atoms with van der Waals surface area (Å²) in [4.78, 5) is 51.8. The van der Waals surface area contributed by atoms with E-state index in [9.17, 15) is 33.1 Å². The average molecular weight is 463 g/mol. The Labute approximate surface area is 187 Å². The van der Waals surface area contributed by atoms with E-state index in [-0.39, 0.29) is 31.6 Å². The number of ketones is 1. The van der Waals surface area contributed by atoms with Crippen molar-refractivity contribution < 1.29 is 33.0 Å². The number of hydrogen-bond donors (Lipinski definition) is 1. The largest absolute Gasteiger partial charge is 0.502 e. The molecule has 11 heteroatoms. The molecular formula is C22H23F2N3O6. The molecule has 0 bridgehead atoms. The van der Waals surface area contributed by atoms with Gasteiger partial charge in [0, 0.05) is 45.9 Å². The van der Waals surface area contributed by atoms with E-state index in [0.29, 0.717) is 19.1 Å². The Morgan fingerprint density at radius 2 is 1.94 bits per heavy atom. The predicted octanol–water partition coefficient (Wildman–Crippen LogP) is 1.58. The summed E-state index contributed by atoms with van der Waals surface area (Å²) in [7, 11) is 1.50. The number of halogens is 2. The minimum absolute atomic E-state index is 0.0827. The van der Waals surface area contributed by atoms with Gasteiger partial charge in [-0.05, 0) is 24.5 Å². The monoisotopic (exact) mass is 463 g/mol. The third kappa shape index (κ3) is 4.92. The maximum atomic E-state index is 13.9. The molecule has 1 aliphatic heterocycles. The number of carbonyl (C=O) groups excluding carboxylic acids is 3. The zero-order valence-electron chi connectivity index (χ0n) is 18.1. The van der Waals surface area contributed by atoms with Gasteiger partial charge in [-0.2, -0.15) is 0 Å². The van der Waals surface area contributed by atoms with E-state index in [2.05, 4.69) is 0 Å². The number of aryl methyl sites for hydroxylation is 1. The molecule has 9 nitrogen and oxygen atoms in total. The van der Waals surface area contributed by atoms with Gasteiger partial charge in [0.2, 0.25) is 11.3 Å². The Balaban J connectivity index is 1.93. The number of carbonyl (C=O) groups is 3. The van der Waals surface area contributed by atoms with Crippen LogP contribution in [-0.2, 0) is 16.0 Å². The second-order valence-corrected chi connectivity index (χ2v) is 7.55. The molecule has 0 fully saturated rings. The lowest BCUT2D eigenvalue weighted by Crippen LogP contribution is -2.56. The van der Waals surface area contributed by atoms with Gasteiger partial charge < -0.3 is 14.7 Å². The van der Waals surface area contributed by atoms with E-state index in [1.54, 1.807) is 0 Å². The van der Waals surface area contributed by atoms with Crippen LogP contribution in [0, 0.1) is 11.6 Å². The first-order valence-electron chi connectivity index (χ1n) is 10.2. The lowest BCUT2D eigenvalue weighted by atomic mass is 10.0. The molecule has 33 heavy (non-hydrogen) atoms. The maximum Gasteiger partial charge on any atom is 0.277 e. The molecule has 1 aromatic heterocycles. The van der Waals surface area contributed by atoms with Gasteiger partial charge in [0.15, 0.2) is 17.2 Å². The van der Waals surface area contributed by atoms with Crippen LogP contribution < -0.4 is 10.4 Å². The molecule has 0 radical (unpaired) electrons. The topological polar surface area (TPSA) is 109 Å². The Kier molecular flexibility index (Phi) is 7.22. The number of hydrogen-bond acceptors (Lipinski definition) is 6. The average Bonchev–Trinajstić information content (AvgIpc) is 2.76. The number of Topliss-reactive ketones (excluding diaryl/α,β-unsaturated/α-hetero) is 1. The van der Waals surface area contributed by atoms with E-state index >= 15 is 0 Å². The quantitative estimate of drug-likeness (QED) is 0.470. The number of methoxy groups -OCH3 is 1. The van der Waals surface area contributed by atoms with Gasteiger partial charge in [0.1, 0.15) is 18.3 Å². The lowest BCUT2D eigenvalue weighted by Gasteiger charge is -2.38. The van der Waals surface area contributed by atoms with Crippen LogP contribution in [0.5, 0.6) is 5.75 Å². The van der Waals surface area contributed by atoms with Gasteiger partial charge in [-0.1, -0.05) is 6.07 Å². The van der Waals surface area contributed by atoms with Gasteiger partial charge in [-0.3, -0.25) is 19.2 Å². The summed E-state index contributed by atoms with van der Waals surface area (Å²) < 4.78 is 32.9. The Morgan fingerprint density at radius 1 is 1.21 bits per heavy atom. The van der Waals surface area contributed by atoms with Crippen molar-refractivity contribution in [3.05, 3.63) is 63.1 Å². The van der Waals surface area contributed by atoms with Crippen LogP contribution in [-0.4, -0.2) is 59.2 Å². The van der Waals surface area contributed by atoms with Crippen molar-refractivity contribution in [2.75, 3.05) is 31.9 Å². The van der Waals surface area contributed by atoms with Crippen LogP contribution >= 0.6 is 0 Å². The van der Waals surface area contributed by atoms with Crippen LogP contribution in [0.2, 0.25) is 0 Å². The van der Waals surface area contributed by atoms with Crippen molar-refractivity contribution in [3.8, 4) is 5.75 Å². The van der Waals surface area contributed by atoms with Crippen molar-refractivity contribution >= 4 is 17.6 Å². The van der Waals surface area contributed by atoms with Crippen molar-refractivity contribution in [3.63, 3.8) is 0 Å². The first-order valence-corrected chi connectivity index (χ1v) is 10.2. The number of ether oxygens (including phenoxy) is 1. The number of nitrogens with zero attached hydrogens (tertiary/aromatic N) is 3. The third-order valence-electron chi connectivity index (χ3n) is 5.30. The Morgan fingerprint density at radius 3 is 2.58 bits per heavy atom. The summed E-state index contributed by atoms with van der Waals surface area (Å²) in [5.41, 5.74) is -1.87. The number of benzene rings is 1. The lowest BCUT2D eigenvalue weighted by molar-refractivity contribution is -0.118. The molecule has 176 valence electrons. The van der Waals surface area contributed by atoms with Crippen molar-refractivity contribution in [2.45, 2.75) is 26.2 Å². The minimum Gasteiger partial charge on any atom is -0.502 e. The molecule has 0 aliphatic carbocycles. The van der Waals surface area contributed by atoms with E-state index in [1.165, 1.54) is 25.0 Å². The zero-order chi connectivity index (χ0) is 24.3. The van der Waals surface area contributed by atoms with Crippen molar-refractivity contribution in [1.29, 1.82) is 0 Å². The number of fused-ring (bicyclic) bond motifs is 1. The normalized spacial score (nSPS) is 13.3. The Hall–Kier alpha value is -3.60. The van der Waals surface area contributed by atoms with Crippen molar-refractivity contribution in [2.24, 2.45) is 0 Å². The van der Waals surface area contributed by atoms with Gasteiger partial charge in [-0.25, -0.2) is 18.5 Å². The molecule has 3 rings (SSSR count).